The van der Waals surface area contributed by atoms with Gasteiger partial charge in [-0.15, -0.1) is 0 Å². The van der Waals surface area contributed by atoms with Gasteiger partial charge in [-0.3, -0.25) is 9.78 Å². The highest BCUT2D eigenvalue weighted by atomic mass is 35.5. The van der Waals surface area contributed by atoms with Crippen molar-refractivity contribution in [3.8, 4) is 0 Å². The molecule has 0 aliphatic carbocycles. The van der Waals surface area contributed by atoms with Crippen LogP contribution < -0.4 is 11.1 Å². The number of carbonyl (C=O) groups is 1. The molecule has 0 radical (unpaired) electrons. The van der Waals surface area contributed by atoms with Crippen LogP contribution in [-0.4, -0.2) is 25.4 Å². The van der Waals surface area contributed by atoms with Gasteiger partial charge in [-0.1, -0.05) is 17.7 Å². The standard InChI is InChI=1S/C24H25ClN6O/c1-13-7-21(26)29-14(2)19(13)12-28-24(32)23-15(3)30-22(31(23)4)9-16-5-6-20-17(8-16)10-18(25)11-27-20/h5-8,10-11H,9,12H2,1-4H3,(H2,26,29)(H,28,32). The number of nitrogen functional groups attached to an aromatic ring is 1. The fourth-order valence-corrected chi connectivity index (χ4v) is 4.19. The molecule has 0 saturated heterocycles. The van der Waals surface area contributed by atoms with Crippen molar-refractivity contribution in [1.82, 2.24) is 24.8 Å². The molecule has 0 unspecified atom stereocenters. The second-order valence-corrected chi connectivity index (χ2v) is 8.43. The van der Waals surface area contributed by atoms with E-state index in [2.05, 4.69) is 26.3 Å². The average molecular weight is 449 g/mol. The Balaban J connectivity index is 1.54. The number of fused-ring (bicyclic) bond motifs is 1. The lowest BCUT2D eigenvalue weighted by molar-refractivity contribution is 0.0941. The maximum absolute atomic E-state index is 13.0. The molecule has 0 saturated carbocycles. The predicted octanol–water partition coefficient (Wildman–Crippen LogP) is 4.04. The van der Waals surface area contributed by atoms with Crippen LogP contribution in [0.5, 0.6) is 0 Å². The second-order valence-electron chi connectivity index (χ2n) is 7.99. The first-order valence-corrected chi connectivity index (χ1v) is 10.7. The quantitative estimate of drug-likeness (QED) is 0.480. The van der Waals surface area contributed by atoms with Crippen molar-refractivity contribution in [3.63, 3.8) is 0 Å². The van der Waals surface area contributed by atoms with Gasteiger partial charge >= 0.3 is 0 Å². The molecule has 4 aromatic rings. The maximum atomic E-state index is 13.0. The zero-order valence-electron chi connectivity index (χ0n) is 18.5. The third kappa shape index (κ3) is 4.29. The van der Waals surface area contributed by atoms with Crippen LogP contribution in [0.3, 0.4) is 0 Å². The summed E-state index contributed by atoms with van der Waals surface area (Å²) in [7, 11) is 1.87. The van der Waals surface area contributed by atoms with E-state index in [4.69, 9.17) is 17.3 Å². The first kappa shape index (κ1) is 21.8. The van der Waals surface area contributed by atoms with Crippen LogP contribution in [0, 0.1) is 20.8 Å². The van der Waals surface area contributed by atoms with Crippen LogP contribution >= 0.6 is 11.6 Å². The van der Waals surface area contributed by atoms with Crippen molar-refractivity contribution in [3.05, 3.63) is 81.1 Å². The molecule has 0 spiro atoms. The lowest BCUT2D eigenvalue weighted by atomic mass is 10.1. The summed E-state index contributed by atoms with van der Waals surface area (Å²) in [6, 6.07) is 9.75. The van der Waals surface area contributed by atoms with Crippen molar-refractivity contribution < 1.29 is 4.79 Å². The number of benzene rings is 1. The number of nitrogens with one attached hydrogen (secondary N) is 1. The Morgan fingerprint density at radius 2 is 1.91 bits per heavy atom. The fourth-order valence-electron chi connectivity index (χ4n) is 4.02. The van der Waals surface area contributed by atoms with E-state index in [1.54, 1.807) is 6.20 Å². The zero-order chi connectivity index (χ0) is 23.0. The van der Waals surface area contributed by atoms with Crippen molar-refractivity contribution in [2.24, 2.45) is 7.05 Å². The molecule has 4 rings (SSSR count). The van der Waals surface area contributed by atoms with Gasteiger partial charge in [0.15, 0.2) is 0 Å². The summed E-state index contributed by atoms with van der Waals surface area (Å²) in [6.07, 6.45) is 2.23. The Hall–Kier alpha value is -3.45. The first-order valence-electron chi connectivity index (χ1n) is 10.3. The molecule has 8 heteroatoms. The summed E-state index contributed by atoms with van der Waals surface area (Å²) in [6.45, 7) is 6.09. The Morgan fingerprint density at radius 3 is 2.66 bits per heavy atom. The monoisotopic (exact) mass is 448 g/mol. The van der Waals surface area contributed by atoms with Gasteiger partial charge in [-0.25, -0.2) is 9.97 Å². The van der Waals surface area contributed by atoms with Gasteiger partial charge in [0.25, 0.3) is 5.91 Å². The van der Waals surface area contributed by atoms with Gasteiger partial charge in [0, 0.05) is 37.3 Å². The largest absolute Gasteiger partial charge is 0.384 e. The summed E-state index contributed by atoms with van der Waals surface area (Å²) in [5, 5.41) is 4.58. The molecular weight excluding hydrogens is 424 g/mol. The number of pyridine rings is 2. The molecule has 164 valence electrons. The van der Waals surface area contributed by atoms with E-state index in [1.807, 2.05) is 56.7 Å². The Kier molecular flexibility index (Phi) is 5.84. The lowest BCUT2D eigenvalue weighted by Crippen LogP contribution is -2.27. The van der Waals surface area contributed by atoms with Gasteiger partial charge in [0.2, 0.25) is 0 Å². The minimum Gasteiger partial charge on any atom is -0.384 e. The molecule has 1 aromatic carbocycles. The number of halogens is 1. The number of aryl methyl sites for hydroxylation is 3. The van der Waals surface area contributed by atoms with E-state index in [9.17, 15) is 4.79 Å². The van der Waals surface area contributed by atoms with Crippen molar-refractivity contribution >= 4 is 34.2 Å². The minimum absolute atomic E-state index is 0.172. The van der Waals surface area contributed by atoms with E-state index in [1.165, 1.54) is 0 Å². The van der Waals surface area contributed by atoms with Gasteiger partial charge in [-0.2, -0.15) is 0 Å². The van der Waals surface area contributed by atoms with E-state index in [0.717, 1.165) is 39.1 Å². The molecule has 0 atom stereocenters. The average Bonchev–Trinajstić information content (AvgIpc) is 2.99. The highest BCUT2D eigenvalue weighted by Crippen LogP contribution is 2.21. The molecule has 3 N–H and O–H groups in total. The number of nitrogens with two attached hydrogens (primary N) is 1. The second kappa shape index (κ2) is 8.59. The van der Waals surface area contributed by atoms with Gasteiger partial charge in [0.1, 0.15) is 17.3 Å². The number of rotatable bonds is 5. The van der Waals surface area contributed by atoms with Gasteiger partial charge < -0.3 is 15.6 Å². The molecule has 0 bridgehead atoms. The van der Waals surface area contributed by atoms with Crippen LogP contribution in [-0.2, 0) is 20.0 Å². The number of imidazole rings is 1. The Bertz CT molecular complexity index is 1320. The number of hydrogen-bond donors (Lipinski definition) is 2. The van der Waals surface area contributed by atoms with E-state index >= 15 is 0 Å². The number of anilines is 1. The summed E-state index contributed by atoms with van der Waals surface area (Å²) < 4.78 is 1.85. The summed E-state index contributed by atoms with van der Waals surface area (Å²) >= 11 is 6.08. The maximum Gasteiger partial charge on any atom is 0.270 e. The topological polar surface area (TPSA) is 98.7 Å². The number of aromatic nitrogens is 4. The molecule has 3 heterocycles. The number of carbonyl (C=O) groups excluding carboxylic acids is 1. The molecule has 3 aromatic heterocycles. The molecule has 7 nitrogen and oxygen atoms in total. The minimum atomic E-state index is -0.172. The Labute approximate surface area is 191 Å². The molecular formula is C24H25ClN6O. The predicted molar refractivity (Wildman–Crippen MR) is 127 cm³/mol. The SMILES string of the molecule is Cc1cc(N)nc(C)c1CNC(=O)c1c(C)nc(Cc2ccc3ncc(Cl)cc3c2)n1C. The lowest BCUT2D eigenvalue weighted by Gasteiger charge is -2.12. The number of amides is 1. The molecule has 32 heavy (non-hydrogen) atoms. The van der Waals surface area contributed by atoms with Crippen molar-refractivity contribution in [2.45, 2.75) is 33.7 Å². The summed E-state index contributed by atoms with van der Waals surface area (Å²) in [5.74, 6) is 1.12. The fraction of sp³-hybridized carbons (Fsp3) is 0.250. The summed E-state index contributed by atoms with van der Waals surface area (Å²) in [4.78, 5) is 26.3. The van der Waals surface area contributed by atoms with Crippen LogP contribution in [0.1, 0.15) is 44.4 Å². The van der Waals surface area contributed by atoms with E-state index < -0.39 is 0 Å². The molecule has 0 aliphatic rings. The Morgan fingerprint density at radius 1 is 1.12 bits per heavy atom. The van der Waals surface area contributed by atoms with Crippen LogP contribution in [0.4, 0.5) is 5.82 Å². The van der Waals surface area contributed by atoms with Crippen LogP contribution in [0.2, 0.25) is 5.02 Å². The third-order valence-corrected chi connectivity index (χ3v) is 5.86. The zero-order valence-corrected chi connectivity index (χ0v) is 19.3. The molecule has 0 aliphatic heterocycles. The highest BCUT2D eigenvalue weighted by Gasteiger charge is 2.19. The van der Waals surface area contributed by atoms with E-state index in [-0.39, 0.29) is 5.91 Å². The summed E-state index contributed by atoms with van der Waals surface area (Å²) in [5.41, 5.74) is 11.8. The first-order chi connectivity index (χ1) is 15.2. The van der Waals surface area contributed by atoms with Crippen molar-refractivity contribution in [1.29, 1.82) is 0 Å². The number of nitrogens with zero attached hydrogens (tertiary/aromatic N) is 4. The smallest absolute Gasteiger partial charge is 0.270 e. The van der Waals surface area contributed by atoms with Gasteiger partial charge in [0.05, 0.1) is 16.2 Å². The third-order valence-electron chi connectivity index (χ3n) is 5.65. The van der Waals surface area contributed by atoms with E-state index in [0.29, 0.717) is 35.2 Å². The van der Waals surface area contributed by atoms with Crippen LogP contribution in [0.25, 0.3) is 10.9 Å². The molecule has 1 amide bonds. The van der Waals surface area contributed by atoms with Gasteiger partial charge in [-0.05, 0) is 61.7 Å². The number of hydrogen-bond acceptors (Lipinski definition) is 5. The molecule has 0 fully saturated rings. The normalized spacial score (nSPS) is 11.2. The van der Waals surface area contributed by atoms with Crippen LogP contribution in [0.15, 0.2) is 36.5 Å². The highest BCUT2D eigenvalue weighted by molar-refractivity contribution is 6.31. The van der Waals surface area contributed by atoms with Crippen molar-refractivity contribution in [2.75, 3.05) is 5.73 Å².